The van der Waals surface area contributed by atoms with Crippen LogP contribution >= 0.6 is 0 Å². The standard InChI is InChI=1S/C20H24F3NO5S/c1-2-28-18(25)24-10-9-19-8-4-3-5-15(19)17(24)11-13-6-7-14(12-16(13)19)29-30(26,27)20(21,22)23/h6-7,12,15,17H,2-5,8-11H2,1H3/t15-,17+,19+/m1/s1. The molecule has 6 nitrogen and oxygen atoms in total. The van der Waals surface area contributed by atoms with E-state index < -0.39 is 15.6 Å². The van der Waals surface area contributed by atoms with E-state index in [0.29, 0.717) is 26.0 Å². The van der Waals surface area contributed by atoms with E-state index in [1.54, 1.807) is 17.9 Å². The minimum absolute atomic E-state index is 0.0312. The van der Waals surface area contributed by atoms with Crippen molar-refractivity contribution in [2.45, 2.75) is 62.4 Å². The summed E-state index contributed by atoms with van der Waals surface area (Å²) in [4.78, 5) is 14.3. The van der Waals surface area contributed by atoms with Crippen molar-refractivity contribution in [1.29, 1.82) is 0 Å². The summed E-state index contributed by atoms with van der Waals surface area (Å²) < 4.78 is 70.8. The third-order valence-electron chi connectivity index (χ3n) is 6.80. The third kappa shape index (κ3) is 3.33. The second kappa shape index (κ2) is 7.32. The number of fused-ring (bicyclic) bond motifs is 1. The van der Waals surface area contributed by atoms with Crippen molar-refractivity contribution >= 4 is 16.2 Å². The Morgan fingerprint density at radius 2 is 2.03 bits per heavy atom. The summed E-state index contributed by atoms with van der Waals surface area (Å²) in [6.07, 6.45) is 4.66. The molecule has 2 aliphatic carbocycles. The Labute approximate surface area is 173 Å². The number of hydrogen-bond donors (Lipinski definition) is 0. The minimum atomic E-state index is -5.73. The van der Waals surface area contributed by atoms with E-state index in [4.69, 9.17) is 4.74 Å². The van der Waals surface area contributed by atoms with Crippen molar-refractivity contribution in [2.75, 3.05) is 13.2 Å². The van der Waals surface area contributed by atoms with Crippen molar-refractivity contribution in [3.8, 4) is 5.75 Å². The Kier molecular flexibility index (Phi) is 5.19. The number of nitrogens with zero attached hydrogens (tertiary/aromatic N) is 1. The van der Waals surface area contributed by atoms with Crippen LogP contribution in [0.5, 0.6) is 5.75 Å². The molecular formula is C20H24F3NO5S. The van der Waals surface area contributed by atoms with Gasteiger partial charge in [0.1, 0.15) is 5.75 Å². The fourth-order valence-electron chi connectivity index (χ4n) is 5.64. The lowest BCUT2D eigenvalue weighted by Gasteiger charge is -2.58. The van der Waals surface area contributed by atoms with Gasteiger partial charge in [0.2, 0.25) is 0 Å². The fourth-order valence-corrected chi connectivity index (χ4v) is 6.09. The molecule has 1 saturated carbocycles. The molecule has 1 aromatic rings. The lowest BCUT2D eigenvalue weighted by atomic mass is 9.52. The number of rotatable bonds is 3. The van der Waals surface area contributed by atoms with E-state index in [1.165, 1.54) is 12.1 Å². The molecule has 0 aromatic heterocycles. The summed E-state index contributed by atoms with van der Waals surface area (Å²) in [6.45, 7) is 2.56. The number of carbonyl (C=O) groups is 1. The Hall–Kier alpha value is -1.97. The highest BCUT2D eigenvalue weighted by molar-refractivity contribution is 7.88. The van der Waals surface area contributed by atoms with E-state index in [2.05, 4.69) is 4.18 Å². The summed E-state index contributed by atoms with van der Waals surface area (Å²) >= 11 is 0. The first kappa shape index (κ1) is 21.3. The molecule has 1 heterocycles. The zero-order valence-corrected chi connectivity index (χ0v) is 17.4. The second-order valence-corrected chi connectivity index (χ2v) is 9.76. The number of amides is 1. The molecule has 0 spiro atoms. The maximum absolute atomic E-state index is 12.7. The van der Waals surface area contributed by atoms with E-state index >= 15 is 0 Å². The molecule has 4 rings (SSSR count). The van der Waals surface area contributed by atoms with Crippen molar-refractivity contribution in [1.82, 2.24) is 4.90 Å². The van der Waals surface area contributed by atoms with Crippen LogP contribution in [0.3, 0.4) is 0 Å². The molecule has 30 heavy (non-hydrogen) atoms. The lowest BCUT2D eigenvalue weighted by molar-refractivity contribution is -0.0500. The first-order valence-electron chi connectivity index (χ1n) is 10.2. The molecule has 2 bridgehead atoms. The predicted molar refractivity (Wildman–Crippen MR) is 102 cm³/mol. The van der Waals surface area contributed by atoms with Gasteiger partial charge < -0.3 is 13.8 Å². The Bertz CT molecular complexity index is 948. The Balaban J connectivity index is 1.73. The van der Waals surface area contributed by atoms with Gasteiger partial charge in [0.25, 0.3) is 0 Å². The number of ether oxygens (including phenoxy) is 1. The van der Waals surface area contributed by atoms with Crippen molar-refractivity contribution in [2.24, 2.45) is 5.92 Å². The smallest absolute Gasteiger partial charge is 0.450 e. The van der Waals surface area contributed by atoms with Gasteiger partial charge in [-0.2, -0.15) is 21.6 Å². The van der Waals surface area contributed by atoms with Crippen LogP contribution < -0.4 is 4.18 Å². The maximum Gasteiger partial charge on any atom is 0.534 e. The van der Waals surface area contributed by atoms with Crippen molar-refractivity contribution < 1.29 is 35.3 Å². The molecule has 10 heteroatoms. The van der Waals surface area contributed by atoms with Gasteiger partial charge in [-0.15, -0.1) is 0 Å². The van der Waals surface area contributed by atoms with Crippen LogP contribution in [0.25, 0.3) is 0 Å². The zero-order chi connectivity index (χ0) is 21.7. The van der Waals surface area contributed by atoms with Gasteiger partial charge in [0, 0.05) is 18.0 Å². The predicted octanol–water partition coefficient (Wildman–Crippen LogP) is 4.13. The summed E-state index contributed by atoms with van der Waals surface area (Å²) in [5.74, 6) is -0.164. The van der Waals surface area contributed by atoms with Gasteiger partial charge in [-0.1, -0.05) is 18.9 Å². The number of benzene rings is 1. The highest BCUT2D eigenvalue weighted by atomic mass is 32.2. The van der Waals surface area contributed by atoms with Crippen LogP contribution in [0.1, 0.15) is 50.2 Å². The monoisotopic (exact) mass is 447 g/mol. The van der Waals surface area contributed by atoms with E-state index in [1.807, 2.05) is 0 Å². The number of carbonyl (C=O) groups excluding carboxylic acids is 1. The SMILES string of the molecule is CCOC(=O)N1CC[C@@]23CCCC[C@@H]2[C@@H]1Cc1ccc(OS(=O)(=O)C(F)(F)F)cc13. The number of hydrogen-bond acceptors (Lipinski definition) is 5. The summed E-state index contributed by atoms with van der Waals surface area (Å²) in [6, 6.07) is 4.32. The largest absolute Gasteiger partial charge is 0.534 e. The molecule has 0 unspecified atom stereocenters. The van der Waals surface area contributed by atoms with Crippen LogP contribution in [-0.4, -0.2) is 44.1 Å². The third-order valence-corrected chi connectivity index (χ3v) is 7.78. The van der Waals surface area contributed by atoms with Gasteiger partial charge >= 0.3 is 21.7 Å². The highest BCUT2D eigenvalue weighted by Crippen LogP contribution is 2.56. The second-order valence-electron chi connectivity index (χ2n) is 8.22. The molecule has 3 aliphatic rings. The van der Waals surface area contributed by atoms with Crippen LogP contribution in [0.4, 0.5) is 18.0 Å². The molecule has 1 saturated heterocycles. The summed E-state index contributed by atoms with van der Waals surface area (Å²) in [7, 11) is -5.73. The Morgan fingerprint density at radius 1 is 1.27 bits per heavy atom. The van der Waals surface area contributed by atoms with Gasteiger partial charge in [-0.25, -0.2) is 4.79 Å². The van der Waals surface area contributed by atoms with Gasteiger partial charge in [-0.3, -0.25) is 0 Å². The van der Waals surface area contributed by atoms with E-state index in [9.17, 15) is 26.4 Å². The molecular weight excluding hydrogens is 423 g/mol. The number of likely N-dealkylation sites (tertiary alicyclic amines) is 1. The van der Waals surface area contributed by atoms with Crippen molar-refractivity contribution in [3.63, 3.8) is 0 Å². The minimum Gasteiger partial charge on any atom is -0.450 e. The summed E-state index contributed by atoms with van der Waals surface area (Å²) in [5.41, 5.74) is -3.99. The van der Waals surface area contributed by atoms with Crippen LogP contribution in [0.2, 0.25) is 0 Å². The lowest BCUT2D eigenvalue weighted by Crippen LogP contribution is -2.62. The normalized spacial score (nSPS) is 28.3. The molecule has 1 amide bonds. The average molecular weight is 447 g/mol. The molecule has 3 atom stereocenters. The fraction of sp³-hybridized carbons (Fsp3) is 0.650. The molecule has 0 N–H and O–H groups in total. The van der Waals surface area contributed by atoms with E-state index in [-0.39, 0.29) is 29.2 Å². The Morgan fingerprint density at radius 3 is 2.73 bits per heavy atom. The van der Waals surface area contributed by atoms with Gasteiger partial charge in [0.05, 0.1) is 6.61 Å². The maximum atomic E-state index is 12.7. The van der Waals surface area contributed by atoms with Gasteiger partial charge in [0.15, 0.2) is 0 Å². The first-order chi connectivity index (χ1) is 14.1. The van der Waals surface area contributed by atoms with Crippen LogP contribution in [0, 0.1) is 5.92 Å². The first-order valence-corrected chi connectivity index (χ1v) is 11.6. The number of piperidine rings is 1. The average Bonchev–Trinajstić information content (AvgIpc) is 2.67. The zero-order valence-electron chi connectivity index (χ0n) is 16.6. The van der Waals surface area contributed by atoms with Crippen molar-refractivity contribution in [3.05, 3.63) is 29.3 Å². The molecule has 2 fully saturated rings. The van der Waals surface area contributed by atoms with Gasteiger partial charge in [-0.05, 0) is 61.8 Å². The number of alkyl halides is 3. The number of halogens is 3. The molecule has 1 aliphatic heterocycles. The topological polar surface area (TPSA) is 72.9 Å². The molecule has 166 valence electrons. The molecule has 1 aromatic carbocycles. The highest BCUT2D eigenvalue weighted by Gasteiger charge is 2.55. The van der Waals surface area contributed by atoms with Crippen LogP contribution in [-0.2, 0) is 26.7 Å². The van der Waals surface area contributed by atoms with Crippen LogP contribution in [0.15, 0.2) is 18.2 Å². The molecule has 0 radical (unpaired) electrons. The summed E-state index contributed by atoms with van der Waals surface area (Å²) in [5, 5.41) is 0. The van der Waals surface area contributed by atoms with E-state index in [0.717, 1.165) is 36.8 Å². The quantitative estimate of drug-likeness (QED) is 0.515.